The first kappa shape index (κ1) is 21.7. The Hall–Kier alpha value is -2.96. The fourth-order valence-corrected chi connectivity index (χ4v) is 3.52. The van der Waals surface area contributed by atoms with Crippen LogP contribution in [0.3, 0.4) is 0 Å². The van der Waals surface area contributed by atoms with Crippen LogP contribution in [0, 0.1) is 13.8 Å². The highest BCUT2D eigenvalue weighted by atomic mass is 16.5. The quantitative estimate of drug-likeness (QED) is 0.622. The summed E-state index contributed by atoms with van der Waals surface area (Å²) in [7, 11) is 0. The molecule has 1 aromatic carbocycles. The van der Waals surface area contributed by atoms with Crippen molar-refractivity contribution >= 4 is 17.5 Å². The SMILES string of the molecule is CCCOc1ccc(C(=O)CCC(=O)N2CCN(c3cc(C)nc(C)n3)CC2)cc1. The zero-order valence-corrected chi connectivity index (χ0v) is 18.1. The minimum atomic E-state index is -0.0176. The number of piperazine rings is 1. The average molecular weight is 411 g/mol. The molecule has 160 valence electrons. The summed E-state index contributed by atoms with van der Waals surface area (Å²) in [6.45, 7) is 9.29. The van der Waals surface area contributed by atoms with Gasteiger partial charge in [0.2, 0.25) is 5.91 Å². The van der Waals surface area contributed by atoms with Crippen LogP contribution in [0.15, 0.2) is 30.3 Å². The Balaban J connectivity index is 1.46. The standard InChI is InChI=1S/C23H30N4O3/c1-4-15-30-20-7-5-19(6-8-20)21(28)9-10-23(29)27-13-11-26(12-14-27)22-16-17(2)24-18(3)25-22/h5-8,16H,4,9-15H2,1-3H3. The van der Waals surface area contributed by atoms with Crippen LogP contribution in [0.1, 0.15) is 48.1 Å². The largest absolute Gasteiger partial charge is 0.494 e. The van der Waals surface area contributed by atoms with Crippen molar-refractivity contribution in [3.05, 3.63) is 47.4 Å². The van der Waals surface area contributed by atoms with Crippen molar-refractivity contribution in [2.45, 2.75) is 40.0 Å². The maximum absolute atomic E-state index is 12.6. The molecule has 1 aromatic heterocycles. The molecule has 0 saturated carbocycles. The van der Waals surface area contributed by atoms with Crippen molar-refractivity contribution in [1.29, 1.82) is 0 Å². The monoisotopic (exact) mass is 410 g/mol. The third-order valence-electron chi connectivity index (χ3n) is 5.12. The number of benzene rings is 1. The molecule has 0 bridgehead atoms. The molecule has 1 saturated heterocycles. The van der Waals surface area contributed by atoms with Crippen molar-refractivity contribution in [3.8, 4) is 5.75 Å². The molecular weight excluding hydrogens is 380 g/mol. The molecule has 0 radical (unpaired) electrons. The molecule has 0 atom stereocenters. The summed E-state index contributed by atoms with van der Waals surface area (Å²) in [6, 6.07) is 9.12. The second-order valence-electron chi connectivity index (χ2n) is 7.58. The van der Waals surface area contributed by atoms with Crippen LogP contribution in [0.5, 0.6) is 5.75 Å². The predicted octanol–water partition coefficient (Wildman–Crippen LogP) is 3.19. The maximum atomic E-state index is 12.6. The Morgan fingerprint density at radius 3 is 2.33 bits per heavy atom. The van der Waals surface area contributed by atoms with E-state index in [9.17, 15) is 9.59 Å². The van der Waals surface area contributed by atoms with Gasteiger partial charge >= 0.3 is 0 Å². The van der Waals surface area contributed by atoms with Crippen molar-refractivity contribution in [3.63, 3.8) is 0 Å². The van der Waals surface area contributed by atoms with E-state index in [-0.39, 0.29) is 24.5 Å². The third kappa shape index (κ3) is 5.78. The summed E-state index contributed by atoms with van der Waals surface area (Å²) in [5, 5.41) is 0. The molecule has 0 unspecified atom stereocenters. The molecule has 7 heteroatoms. The maximum Gasteiger partial charge on any atom is 0.223 e. The number of amides is 1. The van der Waals surface area contributed by atoms with Crippen molar-refractivity contribution in [2.75, 3.05) is 37.7 Å². The Bertz CT molecular complexity index is 854. The molecule has 0 aliphatic carbocycles. The normalized spacial score (nSPS) is 14.0. The van der Waals surface area contributed by atoms with Crippen LogP contribution < -0.4 is 9.64 Å². The number of carbonyl (C=O) groups excluding carboxylic acids is 2. The summed E-state index contributed by atoms with van der Waals surface area (Å²) in [4.78, 5) is 37.8. The molecule has 2 aromatic rings. The third-order valence-corrected chi connectivity index (χ3v) is 5.12. The molecule has 0 spiro atoms. The van der Waals surface area contributed by atoms with E-state index in [4.69, 9.17) is 4.74 Å². The van der Waals surface area contributed by atoms with Gasteiger partial charge in [0.15, 0.2) is 5.78 Å². The zero-order valence-electron chi connectivity index (χ0n) is 18.1. The summed E-state index contributed by atoms with van der Waals surface area (Å²) < 4.78 is 5.54. The molecule has 3 rings (SSSR count). The van der Waals surface area contributed by atoms with E-state index in [0.29, 0.717) is 25.3 Å². The number of hydrogen-bond donors (Lipinski definition) is 0. The number of aromatic nitrogens is 2. The lowest BCUT2D eigenvalue weighted by Gasteiger charge is -2.35. The summed E-state index contributed by atoms with van der Waals surface area (Å²) in [6.07, 6.45) is 1.40. The first-order valence-electron chi connectivity index (χ1n) is 10.6. The molecule has 2 heterocycles. The van der Waals surface area contributed by atoms with Gasteiger partial charge in [0.05, 0.1) is 6.61 Å². The van der Waals surface area contributed by atoms with Crippen LogP contribution in [-0.4, -0.2) is 59.3 Å². The molecule has 1 amide bonds. The van der Waals surface area contributed by atoms with Gasteiger partial charge in [0.25, 0.3) is 0 Å². The fourth-order valence-electron chi connectivity index (χ4n) is 3.52. The van der Waals surface area contributed by atoms with Gasteiger partial charge in [-0.3, -0.25) is 9.59 Å². The van der Waals surface area contributed by atoms with Gasteiger partial charge in [-0.05, 0) is 44.5 Å². The van der Waals surface area contributed by atoms with E-state index in [1.807, 2.05) is 31.7 Å². The lowest BCUT2D eigenvalue weighted by molar-refractivity contribution is -0.131. The van der Waals surface area contributed by atoms with Gasteiger partial charge < -0.3 is 14.5 Å². The molecule has 1 fully saturated rings. The van der Waals surface area contributed by atoms with E-state index in [1.165, 1.54) is 0 Å². The molecule has 1 aliphatic heterocycles. The highest BCUT2D eigenvalue weighted by Gasteiger charge is 2.22. The molecule has 30 heavy (non-hydrogen) atoms. The fraction of sp³-hybridized carbons (Fsp3) is 0.478. The summed E-state index contributed by atoms with van der Waals surface area (Å²) >= 11 is 0. The Morgan fingerprint density at radius 1 is 1.00 bits per heavy atom. The number of Topliss-reactive ketones (excluding diaryl/α,β-unsaturated/α-hetero) is 1. The van der Waals surface area contributed by atoms with Gasteiger partial charge in [0.1, 0.15) is 17.4 Å². The second kappa shape index (κ2) is 10.2. The van der Waals surface area contributed by atoms with Crippen LogP contribution in [-0.2, 0) is 4.79 Å². The summed E-state index contributed by atoms with van der Waals surface area (Å²) in [5.41, 5.74) is 1.56. The Morgan fingerprint density at radius 2 is 1.70 bits per heavy atom. The lowest BCUT2D eigenvalue weighted by atomic mass is 10.1. The molecule has 1 aliphatic rings. The molecule has 0 N–H and O–H groups in total. The Kier molecular flexibility index (Phi) is 7.38. The number of hydrogen-bond acceptors (Lipinski definition) is 6. The van der Waals surface area contributed by atoms with Crippen LogP contribution in [0.25, 0.3) is 0 Å². The minimum absolute atomic E-state index is 0.0176. The van der Waals surface area contributed by atoms with E-state index >= 15 is 0 Å². The number of rotatable bonds is 8. The topological polar surface area (TPSA) is 75.6 Å². The lowest BCUT2D eigenvalue weighted by Crippen LogP contribution is -2.49. The van der Waals surface area contributed by atoms with Crippen molar-refractivity contribution < 1.29 is 14.3 Å². The van der Waals surface area contributed by atoms with Crippen LogP contribution >= 0.6 is 0 Å². The van der Waals surface area contributed by atoms with Crippen LogP contribution in [0.2, 0.25) is 0 Å². The number of anilines is 1. The predicted molar refractivity (Wildman–Crippen MR) is 116 cm³/mol. The number of aryl methyl sites for hydroxylation is 2. The highest BCUT2D eigenvalue weighted by molar-refractivity contribution is 5.98. The van der Waals surface area contributed by atoms with Gasteiger partial charge in [-0.25, -0.2) is 9.97 Å². The van der Waals surface area contributed by atoms with E-state index in [0.717, 1.165) is 42.6 Å². The smallest absolute Gasteiger partial charge is 0.223 e. The average Bonchev–Trinajstić information content (AvgIpc) is 2.75. The van der Waals surface area contributed by atoms with E-state index < -0.39 is 0 Å². The molecule has 7 nitrogen and oxygen atoms in total. The second-order valence-corrected chi connectivity index (χ2v) is 7.58. The van der Waals surface area contributed by atoms with Gasteiger partial charge in [-0.1, -0.05) is 6.92 Å². The number of ether oxygens (including phenoxy) is 1. The van der Waals surface area contributed by atoms with E-state index in [2.05, 4.69) is 14.9 Å². The highest BCUT2D eigenvalue weighted by Crippen LogP contribution is 2.17. The number of ketones is 1. The Labute approximate surface area is 178 Å². The zero-order chi connectivity index (χ0) is 21.5. The van der Waals surface area contributed by atoms with Crippen molar-refractivity contribution in [2.24, 2.45) is 0 Å². The van der Waals surface area contributed by atoms with Gasteiger partial charge in [0, 0.05) is 56.3 Å². The molecular formula is C23H30N4O3. The summed E-state index contributed by atoms with van der Waals surface area (Å²) in [5.74, 6) is 2.44. The van der Waals surface area contributed by atoms with Gasteiger partial charge in [-0.15, -0.1) is 0 Å². The first-order chi connectivity index (χ1) is 14.5. The number of carbonyl (C=O) groups is 2. The van der Waals surface area contributed by atoms with Gasteiger partial charge in [-0.2, -0.15) is 0 Å². The van der Waals surface area contributed by atoms with E-state index in [1.54, 1.807) is 24.3 Å². The van der Waals surface area contributed by atoms with Crippen molar-refractivity contribution in [1.82, 2.24) is 14.9 Å². The number of nitrogens with zero attached hydrogens (tertiary/aromatic N) is 4. The first-order valence-corrected chi connectivity index (χ1v) is 10.6. The van der Waals surface area contributed by atoms with Crippen LogP contribution in [0.4, 0.5) is 5.82 Å². The minimum Gasteiger partial charge on any atom is -0.494 e.